The van der Waals surface area contributed by atoms with Crippen LogP contribution in [0.2, 0.25) is 0 Å². The van der Waals surface area contributed by atoms with Gasteiger partial charge in [-0.3, -0.25) is 0 Å². The van der Waals surface area contributed by atoms with Crippen molar-refractivity contribution in [1.29, 1.82) is 0 Å². The summed E-state index contributed by atoms with van der Waals surface area (Å²) in [5, 5.41) is 0. The molecule has 2 rings (SSSR count). The molecule has 0 spiro atoms. The van der Waals surface area contributed by atoms with Crippen LogP contribution in [0.4, 0.5) is 0 Å². The van der Waals surface area contributed by atoms with Crippen LogP contribution in [-0.4, -0.2) is 26.2 Å². The number of nitrogens with two attached hydrogens (primary N) is 1. The van der Waals surface area contributed by atoms with Crippen LogP contribution >= 0.6 is 0 Å². The van der Waals surface area contributed by atoms with Crippen LogP contribution in [0.25, 0.3) is 0 Å². The van der Waals surface area contributed by atoms with Gasteiger partial charge < -0.3 is 15.2 Å². The fourth-order valence-corrected chi connectivity index (χ4v) is 2.81. The van der Waals surface area contributed by atoms with Crippen molar-refractivity contribution in [1.82, 2.24) is 0 Å². The van der Waals surface area contributed by atoms with Crippen molar-refractivity contribution in [2.24, 2.45) is 11.1 Å². The van der Waals surface area contributed by atoms with Gasteiger partial charge in [-0.2, -0.15) is 0 Å². The zero-order chi connectivity index (χ0) is 14.4. The van der Waals surface area contributed by atoms with E-state index in [9.17, 15) is 4.79 Å². The summed E-state index contributed by atoms with van der Waals surface area (Å²) < 4.78 is 10.7. The van der Waals surface area contributed by atoms with Crippen molar-refractivity contribution >= 4 is 5.97 Å². The number of carbonyl (C=O) groups excluding carboxylic acids is 1. The quantitative estimate of drug-likeness (QED) is 0.841. The molecule has 110 valence electrons. The zero-order valence-electron chi connectivity index (χ0n) is 12.1. The molecule has 0 amide bonds. The van der Waals surface area contributed by atoms with E-state index >= 15 is 0 Å². The average Bonchev–Trinajstić information content (AvgIpc) is 2.53. The van der Waals surface area contributed by atoms with Gasteiger partial charge in [0.05, 0.1) is 13.7 Å². The van der Waals surface area contributed by atoms with Gasteiger partial charge >= 0.3 is 5.97 Å². The Balaban J connectivity index is 2.08. The fraction of sp³-hybridized carbons (Fsp3) is 0.562. The average molecular weight is 277 g/mol. The Hall–Kier alpha value is -1.55. The smallest absolute Gasteiger partial charge is 0.341 e. The highest BCUT2D eigenvalue weighted by Crippen LogP contribution is 2.36. The number of carbonyl (C=O) groups is 1. The number of hydrogen-bond donors (Lipinski definition) is 1. The Morgan fingerprint density at radius 2 is 1.95 bits per heavy atom. The molecule has 1 aromatic carbocycles. The van der Waals surface area contributed by atoms with Crippen molar-refractivity contribution in [2.45, 2.75) is 32.1 Å². The molecule has 0 unspecified atom stereocenters. The summed E-state index contributed by atoms with van der Waals surface area (Å²) in [5.41, 5.74) is 6.48. The number of hydrogen-bond acceptors (Lipinski definition) is 4. The minimum Gasteiger partial charge on any atom is -0.492 e. The molecule has 20 heavy (non-hydrogen) atoms. The van der Waals surface area contributed by atoms with Crippen molar-refractivity contribution in [2.75, 3.05) is 20.3 Å². The SMILES string of the molecule is COC(=O)c1ccccc1OCC1(CN)CCCCC1. The van der Waals surface area contributed by atoms with E-state index in [0.717, 1.165) is 12.8 Å². The summed E-state index contributed by atoms with van der Waals surface area (Å²) >= 11 is 0. The summed E-state index contributed by atoms with van der Waals surface area (Å²) in [5.74, 6) is 0.212. The lowest BCUT2D eigenvalue weighted by Gasteiger charge is -2.35. The summed E-state index contributed by atoms with van der Waals surface area (Å²) in [6.45, 7) is 1.20. The third-order valence-electron chi connectivity index (χ3n) is 4.17. The maximum atomic E-state index is 11.7. The second-order valence-corrected chi connectivity index (χ2v) is 5.54. The standard InChI is InChI=1S/C16H23NO3/c1-19-15(18)13-7-3-4-8-14(13)20-12-16(11-17)9-5-2-6-10-16/h3-4,7-8H,2,5-6,9-12,17H2,1H3. The lowest BCUT2D eigenvalue weighted by Crippen LogP contribution is -2.38. The van der Waals surface area contributed by atoms with Crippen LogP contribution in [0.3, 0.4) is 0 Å². The van der Waals surface area contributed by atoms with Gasteiger partial charge in [-0.15, -0.1) is 0 Å². The molecular weight excluding hydrogens is 254 g/mol. The van der Waals surface area contributed by atoms with Crippen LogP contribution in [0, 0.1) is 5.41 Å². The third kappa shape index (κ3) is 3.31. The first-order valence-electron chi connectivity index (χ1n) is 7.21. The first-order chi connectivity index (χ1) is 9.71. The predicted octanol–water partition coefficient (Wildman–Crippen LogP) is 2.76. The van der Waals surface area contributed by atoms with Gasteiger partial charge in [0, 0.05) is 12.0 Å². The second kappa shape index (κ2) is 6.75. The number of para-hydroxylation sites is 1. The van der Waals surface area contributed by atoms with E-state index in [1.807, 2.05) is 6.07 Å². The van der Waals surface area contributed by atoms with Crippen LogP contribution in [-0.2, 0) is 4.74 Å². The molecule has 1 saturated carbocycles. The van der Waals surface area contributed by atoms with Gasteiger partial charge in [-0.25, -0.2) is 4.79 Å². The Morgan fingerprint density at radius 3 is 2.60 bits per heavy atom. The molecule has 0 bridgehead atoms. The van der Waals surface area contributed by atoms with E-state index in [0.29, 0.717) is 24.5 Å². The zero-order valence-corrected chi connectivity index (χ0v) is 12.1. The Labute approximate surface area is 120 Å². The minimum absolute atomic E-state index is 0.0570. The fourth-order valence-electron chi connectivity index (χ4n) is 2.81. The molecular formula is C16H23NO3. The first kappa shape index (κ1) is 14.9. The van der Waals surface area contributed by atoms with Crippen molar-refractivity contribution in [3.8, 4) is 5.75 Å². The lowest BCUT2D eigenvalue weighted by molar-refractivity contribution is 0.0587. The minimum atomic E-state index is -0.369. The lowest BCUT2D eigenvalue weighted by atomic mass is 9.75. The second-order valence-electron chi connectivity index (χ2n) is 5.54. The number of benzene rings is 1. The van der Waals surface area contributed by atoms with E-state index in [4.69, 9.17) is 15.2 Å². The number of methoxy groups -OCH3 is 1. The molecule has 1 aliphatic carbocycles. The number of ether oxygens (including phenoxy) is 2. The van der Waals surface area contributed by atoms with Crippen LogP contribution in [0.5, 0.6) is 5.75 Å². The maximum absolute atomic E-state index is 11.7. The van der Waals surface area contributed by atoms with E-state index in [-0.39, 0.29) is 11.4 Å². The molecule has 4 nitrogen and oxygen atoms in total. The van der Waals surface area contributed by atoms with E-state index in [1.165, 1.54) is 26.4 Å². The van der Waals surface area contributed by atoms with E-state index in [2.05, 4.69) is 0 Å². The van der Waals surface area contributed by atoms with Crippen molar-refractivity contribution < 1.29 is 14.3 Å². The molecule has 1 aromatic rings. The maximum Gasteiger partial charge on any atom is 0.341 e. The van der Waals surface area contributed by atoms with E-state index < -0.39 is 0 Å². The third-order valence-corrected chi connectivity index (χ3v) is 4.17. The Kier molecular flexibility index (Phi) is 5.01. The summed E-state index contributed by atoms with van der Waals surface area (Å²) in [6.07, 6.45) is 5.90. The van der Waals surface area contributed by atoms with E-state index in [1.54, 1.807) is 18.2 Å². The first-order valence-corrected chi connectivity index (χ1v) is 7.21. The number of esters is 1. The van der Waals surface area contributed by atoms with Crippen molar-refractivity contribution in [3.05, 3.63) is 29.8 Å². The molecule has 0 aromatic heterocycles. The molecule has 0 saturated heterocycles. The van der Waals surface area contributed by atoms with Crippen LogP contribution in [0.15, 0.2) is 24.3 Å². The molecule has 0 atom stereocenters. The topological polar surface area (TPSA) is 61.5 Å². The summed E-state index contributed by atoms with van der Waals surface area (Å²) in [6, 6.07) is 7.19. The van der Waals surface area contributed by atoms with Crippen molar-refractivity contribution in [3.63, 3.8) is 0 Å². The van der Waals surface area contributed by atoms with Gasteiger partial charge in [-0.05, 0) is 25.0 Å². The highest BCUT2D eigenvalue weighted by atomic mass is 16.5. The summed E-state index contributed by atoms with van der Waals surface area (Å²) in [7, 11) is 1.38. The summed E-state index contributed by atoms with van der Waals surface area (Å²) in [4.78, 5) is 11.7. The van der Waals surface area contributed by atoms with Gasteiger partial charge in [-0.1, -0.05) is 31.4 Å². The molecule has 1 fully saturated rings. The number of rotatable bonds is 5. The molecule has 2 N–H and O–H groups in total. The molecule has 0 aliphatic heterocycles. The van der Waals surface area contributed by atoms with Gasteiger partial charge in [0.25, 0.3) is 0 Å². The van der Waals surface area contributed by atoms with Crippen LogP contribution < -0.4 is 10.5 Å². The normalized spacial score (nSPS) is 17.5. The Morgan fingerprint density at radius 1 is 1.25 bits per heavy atom. The highest BCUT2D eigenvalue weighted by Gasteiger charge is 2.31. The largest absolute Gasteiger partial charge is 0.492 e. The van der Waals surface area contributed by atoms with Crippen LogP contribution in [0.1, 0.15) is 42.5 Å². The Bertz CT molecular complexity index is 453. The monoisotopic (exact) mass is 277 g/mol. The highest BCUT2D eigenvalue weighted by molar-refractivity contribution is 5.92. The molecule has 1 aliphatic rings. The van der Waals surface area contributed by atoms with Gasteiger partial charge in [0.2, 0.25) is 0 Å². The molecule has 0 radical (unpaired) electrons. The molecule has 4 heteroatoms. The predicted molar refractivity (Wildman–Crippen MR) is 77.8 cm³/mol. The van der Waals surface area contributed by atoms with Gasteiger partial charge in [0.15, 0.2) is 0 Å². The molecule has 0 heterocycles. The van der Waals surface area contributed by atoms with Gasteiger partial charge in [0.1, 0.15) is 11.3 Å².